The molecule has 3 atom stereocenters. The van der Waals surface area contributed by atoms with E-state index >= 15 is 0 Å². The van der Waals surface area contributed by atoms with Gasteiger partial charge in [0.1, 0.15) is 11.8 Å². The number of hydrogen-bond donors (Lipinski definition) is 2. The summed E-state index contributed by atoms with van der Waals surface area (Å²) >= 11 is 18.2. The molecule has 13 heteroatoms. The molecule has 0 aliphatic rings. The maximum atomic E-state index is 13.8. The highest BCUT2D eigenvalue weighted by Gasteiger charge is 2.32. The second-order valence-corrected chi connectivity index (χ2v) is 13.4. The van der Waals surface area contributed by atoms with Crippen LogP contribution in [-0.2, 0) is 18.6 Å². The molecule has 9 nitrogen and oxygen atoms in total. The minimum atomic E-state index is -4.00. The molecule has 0 radical (unpaired) electrons. The van der Waals surface area contributed by atoms with Crippen molar-refractivity contribution in [3.05, 3.63) is 63.7 Å². The summed E-state index contributed by atoms with van der Waals surface area (Å²) in [5.74, 6) is -0.383. The van der Waals surface area contributed by atoms with Crippen molar-refractivity contribution in [3.63, 3.8) is 0 Å². The van der Waals surface area contributed by atoms with Crippen LogP contribution in [0.2, 0.25) is 15.1 Å². The highest BCUT2D eigenvalue weighted by Crippen LogP contribution is 2.45. The lowest BCUT2D eigenvalue weighted by Gasteiger charge is -2.26. The molecular weight excluding hydrogens is 634 g/mol. The second kappa shape index (κ2) is 16.8. The molecule has 2 N–H and O–H groups in total. The number of anilines is 1. The number of carbonyl (C=O) groups excluding carboxylic acids is 1. The van der Waals surface area contributed by atoms with Crippen LogP contribution in [0.1, 0.15) is 47.5 Å². The standard InChI is InChI=1S/C30H40Cl3N4O5P/c1-6-37(15-7-8-21(4)35-28-13-14-34-29-18-23(31)9-11-25(28)29)16-17-40-43(39,36-22(5)30(38)41-20(2)3)42-24-10-12-26(32)27(33)19-24/h9-14,18-22H,6-8,15-17H2,1-5H3,(H,34,35)(H,36,39)/t21-,22+,43+/m1/s1. The van der Waals surface area contributed by atoms with Crippen LogP contribution < -0.4 is 14.9 Å². The van der Waals surface area contributed by atoms with Gasteiger partial charge < -0.3 is 19.5 Å². The van der Waals surface area contributed by atoms with Gasteiger partial charge in [-0.2, -0.15) is 5.09 Å². The molecule has 43 heavy (non-hydrogen) atoms. The van der Waals surface area contributed by atoms with E-state index in [0.29, 0.717) is 16.6 Å². The van der Waals surface area contributed by atoms with Gasteiger partial charge in [-0.3, -0.25) is 14.3 Å². The van der Waals surface area contributed by atoms with Crippen LogP contribution in [0.5, 0.6) is 5.75 Å². The molecule has 0 unspecified atom stereocenters. The van der Waals surface area contributed by atoms with E-state index in [1.54, 1.807) is 20.0 Å². The number of benzene rings is 2. The van der Waals surface area contributed by atoms with Crippen LogP contribution in [0.25, 0.3) is 10.9 Å². The Labute approximate surface area is 269 Å². The van der Waals surface area contributed by atoms with Crippen molar-refractivity contribution in [2.75, 3.05) is 31.6 Å². The number of likely N-dealkylation sites (N-methyl/N-ethyl adjacent to an activating group) is 1. The Kier molecular flexibility index (Phi) is 13.8. The Balaban J connectivity index is 1.55. The average molecular weight is 674 g/mol. The third-order valence-electron chi connectivity index (χ3n) is 6.51. The van der Waals surface area contributed by atoms with Crippen molar-refractivity contribution in [1.82, 2.24) is 15.0 Å². The number of pyridine rings is 1. The van der Waals surface area contributed by atoms with Gasteiger partial charge in [0.2, 0.25) is 0 Å². The van der Waals surface area contributed by atoms with Crippen molar-refractivity contribution in [2.24, 2.45) is 0 Å². The molecular formula is C30H40Cl3N4O5P. The molecule has 1 heterocycles. The van der Waals surface area contributed by atoms with E-state index in [4.69, 9.17) is 48.6 Å². The van der Waals surface area contributed by atoms with Gasteiger partial charge in [0.05, 0.1) is 28.3 Å². The second-order valence-electron chi connectivity index (χ2n) is 10.5. The van der Waals surface area contributed by atoms with E-state index in [2.05, 4.69) is 34.1 Å². The lowest BCUT2D eigenvalue weighted by atomic mass is 10.1. The van der Waals surface area contributed by atoms with Crippen LogP contribution in [0.15, 0.2) is 48.7 Å². The third kappa shape index (κ3) is 11.4. The van der Waals surface area contributed by atoms with Crippen LogP contribution in [0.3, 0.4) is 0 Å². The largest absolute Gasteiger partial charge is 0.462 e. The summed E-state index contributed by atoms with van der Waals surface area (Å²) in [6.45, 7) is 11.4. The van der Waals surface area contributed by atoms with Crippen molar-refractivity contribution in [3.8, 4) is 5.75 Å². The molecule has 3 rings (SSSR count). The smallest absolute Gasteiger partial charge is 0.459 e. The molecule has 0 amide bonds. The van der Waals surface area contributed by atoms with E-state index < -0.39 is 19.8 Å². The Morgan fingerprint density at radius 3 is 2.49 bits per heavy atom. The molecule has 0 saturated carbocycles. The quantitative estimate of drug-likeness (QED) is 0.108. The molecule has 0 fully saturated rings. The lowest BCUT2D eigenvalue weighted by Crippen LogP contribution is -2.37. The number of carbonyl (C=O) groups is 1. The molecule has 0 aliphatic heterocycles. The topological polar surface area (TPSA) is 102 Å². The number of nitrogens with zero attached hydrogens (tertiary/aromatic N) is 2. The van der Waals surface area contributed by atoms with Crippen molar-refractivity contribution in [2.45, 2.75) is 65.6 Å². The molecule has 0 saturated heterocycles. The first-order chi connectivity index (χ1) is 20.4. The number of nitrogens with one attached hydrogen (secondary N) is 2. The van der Waals surface area contributed by atoms with Gasteiger partial charge in [-0.25, -0.2) is 4.57 Å². The number of fused-ring (bicyclic) bond motifs is 1. The Bertz CT molecular complexity index is 1410. The third-order valence-corrected chi connectivity index (χ3v) is 9.16. The minimum absolute atomic E-state index is 0.102. The summed E-state index contributed by atoms with van der Waals surface area (Å²) in [7, 11) is -4.00. The summed E-state index contributed by atoms with van der Waals surface area (Å²) in [5.41, 5.74) is 1.87. The van der Waals surface area contributed by atoms with Gasteiger partial charge in [-0.15, -0.1) is 0 Å². The predicted molar refractivity (Wildman–Crippen MR) is 176 cm³/mol. The highest BCUT2D eigenvalue weighted by molar-refractivity contribution is 7.52. The highest BCUT2D eigenvalue weighted by atomic mass is 35.5. The number of ether oxygens (including phenoxy) is 1. The fourth-order valence-electron chi connectivity index (χ4n) is 4.31. The van der Waals surface area contributed by atoms with Gasteiger partial charge in [-0.1, -0.05) is 41.7 Å². The molecule has 3 aromatic rings. The summed E-state index contributed by atoms with van der Waals surface area (Å²) in [4.78, 5) is 19.0. The summed E-state index contributed by atoms with van der Waals surface area (Å²) in [5, 5.41) is 8.53. The lowest BCUT2D eigenvalue weighted by molar-refractivity contribution is -0.149. The summed E-state index contributed by atoms with van der Waals surface area (Å²) in [6, 6.07) is 11.5. The zero-order valence-corrected chi connectivity index (χ0v) is 28.3. The fourth-order valence-corrected chi connectivity index (χ4v) is 6.24. The van der Waals surface area contributed by atoms with E-state index in [1.165, 1.54) is 25.1 Å². The van der Waals surface area contributed by atoms with E-state index in [1.807, 2.05) is 24.3 Å². The number of rotatable bonds is 17. The molecule has 236 valence electrons. The van der Waals surface area contributed by atoms with Crippen LogP contribution >= 0.6 is 42.5 Å². The van der Waals surface area contributed by atoms with Crippen LogP contribution in [0, 0.1) is 0 Å². The predicted octanol–water partition coefficient (Wildman–Crippen LogP) is 8.23. The minimum Gasteiger partial charge on any atom is -0.462 e. The monoisotopic (exact) mass is 672 g/mol. The number of aromatic nitrogens is 1. The molecule has 0 aliphatic carbocycles. The fraction of sp³-hybridized carbons (Fsp3) is 0.467. The molecule has 0 bridgehead atoms. The molecule has 1 aromatic heterocycles. The first-order valence-corrected chi connectivity index (χ1v) is 17.0. The maximum Gasteiger partial charge on any atom is 0.459 e. The first-order valence-electron chi connectivity index (χ1n) is 14.3. The van der Waals surface area contributed by atoms with Gasteiger partial charge >= 0.3 is 13.7 Å². The summed E-state index contributed by atoms with van der Waals surface area (Å²) < 4.78 is 30.5. The van der Waals surface area contributed by atoms with Crippen LogP contribution in [0.4, 0.5) is 5.69 Å². The van der Waals surface area contributed by atoms with E-state index in [0.717, 1.165) is 42.5 Å². The number of esters is 1. The van der Waals surface area contributed by atoms with Crippen molar-refractivity contribution in [1.29, 1.82) is 0 Å². The zero-order valence-electron chi connectivity index (χ0n) is 25.1. The van der Waals surface area contributed by atoms with Gasteiger partial charge in [0.15, 0.2) is 0 Å². The average Bonchev–Trinajstić information content (AvgIpc) is 2.93. The van der Waals surface area contributed by atoms with Crippen molar-refractivity contribution < 1.29 is 23.1 Å². The summed E-state index contributed by atoms with van der Waals surface area (Å²) in [6.07, 6.45) is 3.32. The Morgan fingerprint density at radius 1 is 1.02 bits per heavy atom. The molecule has 0 spiro atoms. The molecule has 2 aromatic carbocycles. The van der Waals surface area contributed by atoms with Gasteiger partial charge in [0.25, 0.3) is 0 Å². The SMILES string of the molecule is CCN(CCC[C@@H](C)Nc1ccnc2cc(Cl)ccc12)CCO[P@@](=O)(N[C@@H](C)C(=O)OC(C)C)Oc1ccc(Cl)c(Cl)c1. The van der Waals surface area contributed by atoms with Crippen LogP contribution in [-0.4, -0.2) is 60.3 Å². The van der Waals surface area contributed by atoms with Crippen molar-refractivity contribution >= 4 is 65.1 Å². The number of halogens is 3. The zero-order chi connectivity index (χ0) is 31.6. The first kappa shape index (κ1) is 35.4. The Morgan fingerprint density at radius 2 is 1.79 bits per heavy atom. The normalized spacial score (nSPS) is 14.5. The Hall–Kier alpha value is -2.10. The maximum absolute atomic E-state index is 13.8. The van der Waals surface area contributed by atoms with E-state index in [9.17, 15) is 9.36 Å². The van der Waals surface area contributed by atoms with E-state index in [-0.39, 0.29) is 29.5 Å². The number of hydrogen-bond acceptors (Lipinski definition) is 8. The van der Waals surface area contributed by atoms with Gasteiger partial charge in [-0.05, 0) is 90.0 Å². The van der Waals surface area contributed by atoms with Gasteiger partial charge in [0, 0.05) is 40.9 Å².